The zero-order valence-corrected chi connectivity index (χ0v) is 31.9. The molecule has 10 atom stereocenters. The van der Waals surface area contributed by atoms with Gasteiger partial charge in [-0.25, -0.2) is 9.59 Å². The van der Waals surface area contributed by atoms with E-state index in [1.807, 2.05) is 30.3 Å². The maximum atomic E-state index is 14.8. The fourth-order valence-corrected chi connectivity index (χ4v) is 12.4. The number of benzene rings is 1. The summed E-state index contributed by atoms with van der Waals surface area (Å²) in [5.74, 6) is -0.0769. The van der Waals surface area contributed by atoms with Crippen molar-refractivity contribution in [2.45, 2.75) is 125 Å². The zero-order valence-electron chi connectivity index (χ0n) is 31.9. The highest BCUT2D eigenvalue weighted by Crippen LogP contribution is 2.75. The summed E-state index contributed by atoms with van der Waals surface area (Å²) in [5.41, 5.74) is 0.892. The number of allylic oxidation sites excluding steroid dienone is 2. The molecule has 1 aromatic carbocycles. The van der Waals surface area contributed by atoms with Gasteiger partial charge in [0.1, 0.15) is 6.04 Å². The molecule has 1 aromatic rings. The number of fused-ring (bicyclic) bond motifs is 7. The highest BCUT2D eigenvalue weighted by molar-refractivity contribution is 5.96. The molecule has 0 heterocycles. The summed E-state index contributed by atoms with van der Waals surface area (Å²) in [6.07, 6.45) is 10.6. The first kappa shape index (κ1) is 36.6. The first-order valence-electron chi connectivity index (χ1n) is 18.9. The van der Waals surface area contributed by atoms with Crippen LogP contribution in [0.15, 0.2) is 42.0 Å². The van der Waals surface area contributed by atoms with Crippen LogP contribution in [0.5, 0.6) is 0 Å². The Kier molecular flexibility index (Phi) is 9.16. The Morgan fingerprint density at radius 2 is 1.54 bits per heavy atom. The van der Waals surface area contributed by atoms with Crippen molar-refractivity contribution < 1.29 is 28.7 Å². The van der Waals surface area contributed by atoms with Gasteiger partial charge in [0.05, 0.1) is 19.6 Å². The number of carbonyl (C=O) groups excluding carboxylic acids is 4. The highest BCUT2D eigenvalue weighted by Gasteiger charge is 2.70. The minimum Gasteiger partial charge on any atom is -0.469 e. The Balaban J connectivity index is 1.25. The van der Waals surface area contributed by atoms with Gasteiger partial charge < -0.3 is 20.1 Å². The van der Waals surface area contributed by atoms with Crippen LogP contribution in [0.2, 0.25) is 0 Å². The molecular weight excluding hydrogens is 628 g/mol. The summed E-state index contributed by atoms with van der Waals surface area (Å²) in [4.78, 5) is 54.0. The molecule has 50 heavy (non-hydrogen) atoms. The van der Waals surface area contributed by atoms with E-state index in [-0.39, 0.29) is 68.7 Å². The van der Waals surface area contributed by atoms with Crippen molar-refractivity contribution in [3.05, 3.63) is 47.5 Å². The van der Waals surface area contributed by atoms with Gasteiger partial charge in [0, 0.05) is 18.4 Å². The van der Waals surface area contributed by atoms with Gasteiger partial charge in [-0.05, 0) is 115 Å². The molecule has 8 heteroatoms. The van der Waals surface area contributed by atoms with Gasteiger partial charge in [0.15, 0.2) is 5.78 Å². The van der Waals surface area contributed by atoms with Gasteiger partial charge >= 0.3 is 18.0 Å². The van der Waals surface area contributed by atoms with Gasteiger partial charge in [-0.1, -0.05) is 77.4 Å². The van der Waals surface area contributed by atoms with Crippen LogP contribution in [0.4, 0.5) is 4.79 Å². The number of esters is 2. The normalized spacial score (nSPS) is 40.7. The minimum atomic E-state index is -0.802. The summed E-state index contributed by atoms with van der Waals surface area (Å²) < 4.78 is 10.3. The number of carbonyl (C=O) groups is 4. The van der Waals surface area contributed by atoms with Crippen molar-refractivity contribution in [1.29, 1.82) is 0 Å². The topological polar surface area (TPSA) is 111 Å². The Morgan fingerprint density at radius 3 is 2.20 bits per heavy atom. The van der Waals surface area contributed by atoms with Crippen LogP contribution in [-0.4, -0.2) is 50.1 Å². The van der Waals surface area contributed by atoms with Crippen molar-refractivity contribution in [3.63, 3.8) is 0 Å². The van der Waals surface area contributed by atoms with Gasteiger partial charge in [-0.15, -0.1) is 0 Å². The summed E-state index contributed by atoms with van der Waals surface area (Å²) in [7, 11) is 2.83. The van der Waals surface area contributed by atoms with Crippen molar-refractivity contribution in [1.82, 2.24) is 10.6 Å². The first-order chi connectivity index (χ1) is 23.4. The maximum Gasteiger partial charge on any atom is 0.328 e. The second-order valence-corrected chi connectivity index (χ2v) is 18.5. The van der Waals surface area contributed by atoms with Gasteiger partial charge in [0.2, 0.25) is 0 Å². The summed E-state index contributed by atoms with van der Waals surface area (Å²) in [6.45, 7) is 16.1. The molecule has 0 saturated heterocycles. The summed E-state index contributed by atoms with van der Waals surface area (Å²) in [6, 6.07) is 8.32. The molecule has 0 aromatic heterocycles. The Morgan fingerprint density at radius 1 is 0.860 bits per heavy atom. The minimum absolute atomic E-state index is 0.0731. The number of hydrogen-bond acceptors (Lipinski definition) is 6. The predicted octanol–water partition coefficient (Wildman–Crippen LogP) is 7.59. The summed E-state index contributed by atoms with van der Waals surface area (Å²) >= 11 is 0. The van der Waals surface area contributed by atoms with Gasteiger partial charge in [-0.2, -0.15) is 0 Å². The van der Waals surface area contributed by atoms with E-state index in [1.54, 1.807) is 0 Å². The van der Waals surface area contributed by atoms with Crippen LogP contribution < -0.4 is 10.6 Å². The number of nitrogens with one attached hydrogen (secondary N) is 2. The molecule has 2 unspecified atom stereocenters. The Bertz CT molecular complexity index is 1570. The van der Waals surface area contributed by atoms with E-state index in [1.165, 1.54) is 19.8 Å². The highest BCUT2D eigenvalue weighted by atomic mass is 16.5. The molecule has 0 radical (unpaired) electrons. The lowest BCUT2D eigenvalue weighted by Gasteiger charge is -2.70. The number of methoxy groups -OCH3 is 2. The van der Waals surface area contributed by atoms with Crippen LogP contribution in [0.25, 0.3) is 0 Å². The smallest absolute Gasteiger partial charge is 0.328 e. The lowest BCUT2D eigenvalue weighted by molar-refractivity contribution is -0.189. The van der Waals surface area contributed by atoms with E-state index in [4.69, 9.17) is 9.47 Å². The molecule has 274 valence electrons. The van der Waals surface area contributed by atoms with Crippen molar-refractivity contribution in [2.75, 3.05) is 14.2 Å². The maximum absolute atomic E-state index is 14.8. The van der Waals surface area contributed by atoms with Crippen molar-refractivity contribution in [3.8, 4) is 0 Å². The Hall–Kier alpha value is -3.16. The third-order valence-electron chi connectivity index (χ3n) is 15.7. The van der Waals surface area contributed by atoms with Crippen molar-refractivity contribution >= 4 is 23.8 Å². The van der Waals surface area contributed by atoms with Crippen LogP contribution in [0.1, 0.15) is 112 Å². The number of urea groups is 1. The fourth-order valence-electron chi connectivity index (χ4n) is 12.4. The fraction of sp³-hybridized carbons (Fsp3) is 0.714. The van der Waals surface area contributed by atoms with E-state index < -0.39 is 17.4 Å². The van der Waals surface area contributed by atoms with Crippen LogP contribution in [0.3, 0.4) is 0 Å². The standard InChI is InChI=1S/C42H60N2O6/c1-37(2)31-15-18-42(7)33(30(45)24-27-28-25-39(4,35(47)50-9)20-19-38(28,3)21-22-41(27,42)6)40(31,5)17-16-32(37)44-36(48)43-29(34(46)49-8)23-26-13-11-10-12-14-26/h10-14,24,28-29,31-33H,15-23,25H2,1-9H3,(H2,43,44,48)/t28-,29?,31+,32?,33-,38-,39+,40+,41-,42-/m1/s1. The molecule has 0 spiro atoms. The number of rotatable bonds is 6. The molecule has 0 bridgehead atoms. The van der Waals surface area contributed by atoms with E-state index in [2.05, 4.69) is 65.2 Å². The van der Waals surface area contributed by atoms with Crippen LogP contribution in [-0.2, 0) is 30.3 Å². The second-order valence-electron chi connectivity index (χ2n) is 18.5. The average Bonchev–Trinajstić information content (AvgIpc) is 3.07. The second kappa shape index (κ2) is 12.5. The Labute approximate surface area is 299 Å². The van der Waals surface area contributed by atoms with Gasteiger partial charge in [0.25, 0.3) is 0 Å². The van der Waals surface area contributed by atoms with Crippen molar-refractivity contribution in [2.24, 2.45) is 50.2 Å². The van der Waals surface area contributed by atoms with E-state index in [9.17, 15) is 19.2 Å². The van der Waals surface area contributed by atoms with E-state index in [0.717, 1.165) is 63.4 Å². The monoisotopic (exact) mass is 688 g/mol. The largest absolute Gasteiger partial charge is 0.469 e. The van der Waals surface area contributed by atoms with Gasteiger partial charge in [-0.3, -0.25) is 9.59 Å². The molecule has 6 rings (SSSR count). The molecule has 8 nitrogen and oxygen atoms in total. The molecule has 2 N–H and O–H groups in total. The third kappa shape index (κ3) is 5.53. The zero-order chi connectivity index (χ0) is 36.5. The first-order valence-corrected chi connectivity index (χ1v) is 18.9. The summed E-state index contributed by atoms with van der Waals surface area (Å²) in [5, 5.41) is 6.17. The molecular formula is C42H60N2O6. The molecule has 0 aliphatic heterocycles. The molecule has 5 aliphatic carbocycles. The molecule has 2 amide bonds. The third-order valence-corrected chi connectivity index (χ3v) is 15.7. The van der Waals surface area contributed by atoms with Crippen LogP contribution in [0, 0.1) is 50.2 Å². The molecule has 5 aliphatic rings. The lowest BCUT2D eigenvalue weighted by atomic mass is 9.33. The SMILES string of the molecule is COC(=O)C(Cc1ccccc1)NC(=O)NC1CC[C@]2(C)[C@H]3C(=O)C=C4[C@H]5C[C@@](C)(C(=O)OC)CC[C@]5(C)CC[C@@]4(C)[C@]3(C)CC[C@H]2C1(C)C. The average molecular weight is 689 g/mol. The molecule has 4 saturated carbocycles. The lowest BCUT2D eigenvalue weighted by Crippen LogP contribution is -2.68. The number of hydrogen-bond donors (Lipinski definition) is 2. The van der Waals surface area contributed by atoms with E-state index in [0.29, 0.717) is 6.42 Å². The number of amides is 2. The number of ether oxygens (including phenoxy) is 2. The quantitative estimate of drug-likeness (QED) is 0.298. The number of ketones is 1. The van der Waals surface area contributed by atoms with Crippen LogP contribution >= 0.6 is 0 Å². The predicted molar refractivity (Wildman–Crippen MR) is 193 cm³/mol. The molecule has 4 fully saturated rings. The van der Waals surface area contributed by atoms with E-state index >= 15 is 0 Å².